The molecule has 1 heterocycles. The fraction of sp³-hybridized carbons (Fsp3) is 0.250. The molecule has 0 saturated carbocycles. The Kier molecular flexibility index (Phi) is 3.68. The first kappa shape index (κ1) is 14.3. The Labute approximate surface area is 126 Å². The maximum Gasteiger partial charge on any atom is 0.328 e. The lowest BCUT2D eigenvalue weighted by Crippen LogP contribution is -2.32. The van der Waals surface area contributed by atoms with Crippen molar-refractivity contribution in [3.63, 3.8) is 0 Å². The van der Waals surface area contributed by atoms with Crippen LogP contribution >= 0.6 is 0 Å². The van der Waals surface area contributed by atoms with Crippen molar-refractivity contribution in [1.29, 1.82) is 0 Å². The third-order valence-electron chi connectivity index (χ3n) is 3.69. The van der Waals surface area contributed by atoms with Crippen LogP contribution in [-0.2, 0) is 0 Å². The molecule has 0 bridgehead atoms. The molecule has 1 aliphatic rings. The van der Waals surface area contributed by atoms with Gasteiger partial charge in [-0.25, -0.2) is 4.79 Å². The lowest BCUT2D eigenvalue weighted by Gasteiger charge is -2.14. The molecule has 0 radical (unpaired) electrons. The monoisotopic (exact) mass is 299 g/mol. The van der Waals surface area contributed by atoms with Crippen molar-refractivity contribution in [1.82, 2.24) is 9.55 Å². The van der Waals surface area contributed by atoms with Gasteiger partial charge in [0.15, 0.2) is 0 Å². The van der Waals surface area contributed by atoms with Crippen LogP contribution in [0, 0.1) is 6.92 Å². The Bertz CT molecular complexity index is 818. The van der Waals surface area contributed by atoms with Gasteiger partial charge in [0.05, 0.1) is 12.1 Å². The largest absolute Gasteiger partial charge is 0.389 e. The zero-order valence-electron chi connectivity index (χ0n) is 12.1. The predicted molar refractivity (Wildman–Crippen MR) is 84.6 cm³/mol. The molecule has 3 rings (SSSR count). The fourth-order valence-corrected chi connectivity index (χ4v) is 2.48. The van der Waals surface area contributed by atoms with Crippen molar-refractivity contribution in [2.45, 2.75) is 25.5 Å². The molecule has 1 aromatic heterocycles. The van der Waals surface area contributed by atoms with E-state index >= 15 is 0 Å². The van der Waals surface area contributed by atoms with Crippen LogP contribution in [-0.4, -0.2) is 20.8 Å². The topological polar surface area (TPSA) is 87.1 Å². The average molecular weight is 299 g/mol. The standard InChI is InChI=1S/C16H17N3O3/c1-10-2-4-11(5-3-10)17-14-9-19(16(22)18-15(14)21)12-6-7-13(20)8-12/h2-7,9,12-13,17,20H,8H2,1H3,(H,18,21,22)/t12-,13+/m0/s1. The number of H-pyrrole nitrogens is 1. The van der Waals surface area contributed by atoms with Crippen LogP contribution in [0.5, 0.6) is 0 Å². The summed E-state index contributed by atoms with van der Waals surface area (Å²) in [5.41, 5.74) is 1.23. The Hall–Kier alpha value is -2.60. The number of aliphatic hydroxyl groups is 1. The Morgan fingerprint density at radius 2 is 1.95 bits per heavy atom. The van der Waals surface area contributed by atoms with Gasteiger partial charge in [-0.05, 0) is 19.1 Å². The van der Waals surface area contributed by atoms with Crippen LogP contribution in [0.3, 0.4) is 0 Å². The number of benzene rings is 1. The summed E-state index contributed by atoms with van der Waals surface area (Å²) in [5, 5.41) is 12.6. The summed E-state index contributed by atoms with van der Waals surface area (Å²) in [6, 6.07) is 7.34. The molecule has 6 heteroatoms. The van der Waals surface area contributed by atoms with Gasteiger partial charge in [-0.2, -0.15) is 0 Å². The van der Waals surface area contributed by atoms with Gasteiger partial charge in [0.25, 0.3) is 5.56 Å². The van der Waals surface area contributed by atoms with E-state index in [-0.39, 0.29) is 6.04 Å². The smallest absolute Gasteiger partial charge is 0.328 e. The van der Waals surface area contributed by atoms with Crippen molar-refractivity contribution in [2.75, 3.05) is 5.32 Å². The second kappa shape index (κ2) is 5.65. The minimum absolute atomic E-state index is 0.252. The van der Waals surface area contributed by atoms with Crippen molar-refractivity contribution >= 4 is 11.4 Å². The second-order valence-corrected chi connectivity index (χ2v) is 5.46. The number of aliphatic hydroxyl groups excluding tert-OH is 1. The van der Waals surface area contributed by atoms with E-state index in [0.29, 0.717) is 12.1 Å². The van der Waals surface area contributed by atoms with Crippen LogP contribution in [0.15, 0.2) is 52.2 Å². The first-order valence-electron chi connectivity index (χ1n) is 7.08. The molecule has 0 spiro atoms. The fourth-order valence-electron chi connectivity index (χ4n) is 2.48. The van der Waals surface area contributed by atoms with Gasteiger partial charge >= 0.3 is 5.69 Å². The Balaban J connectivity index is 1.94. The Morgan fingerprint density at radius 3 is 2.59 bits per heavy atom. The SMILES string of the molecule is Cc1ccc(Nc2cn([C@H]3C=C[C@@H](O)C3)c(=O)[nH]c2=O)cc1. The summed E-state index contributed by atoms with van der Waals surface area (Å²) in [4.78, 5) is 26.2. The first-order chi connectivity index (χ1) is 10.5. The van der Waals surface area contributed by atoms with Crippen LogP contribution < -0.4 is 16.6 Å². The highest BCUT2D eigenvalue weighted by molar-refractivity contribution is 5.58. The summed E-state index contributed by atoms with van der Waals surface area (Å²) in [7, 11) is 0. The Morgan fingerprint density at radius 1 is 1.23 bits per heavy atom. The van der Waals surface area contributed by atoms with Crippen LogP contribution in [0.4, 0.5) is 11.4 Å². The summed E-state index contributed by atoms with van der Waals surface area (Å²) < 4.78 is 1.42. The predicted octanol–water partition coefficient (Wildman–Crippen LogP) is 1.45. The number of hydrogen-bond acceptors (Lipinski definition) is 4. The van der Waals surface area contributed by atoms with Gasteiger partial charge in [-0.1, -0.05) is 29.8 Å². The van der Waals surface area contributed by atoms with E-state index in [9.17, 15) is 14.7 Å². The third kappa shape index (κ3) is 2.87. The van der Waals surface area contributed by atoms with Crippen LogP contribution in [0.1, 0.15) is 18.0 Å². The zero-order valence-corrected chi connectivity index (χ0v) is 12.1. The number of rotatable bonds is 3. The quantitative estimate of drug-likeness (QED) is 0.749. The number of aromatic nitrogens is 2. The molecule has 0 amide bonds. The molecule has 1 aromatic carbocycles. The maximum atomic E-state index is 11.9. The summed E-state index contributed by atoms with van der Waals surface area (Å²) in [5.74, 6) is 0. The highest BCUT2D eigenvalue weighted by Crippen LogP contribution is 2.22. The zero-order chi connectivity index (χ0) is 15.7. The number of nitrogens with zero attached hydrogens (tertiary/aromatic N) is 1. The van der Waals surface area contributed by atoms with Gasteiger partial charge in [-0.15, -0.1) is 0 Å². The maximum absolute atomic E-state index is 11.9. The van der Waals surface area contributed by atoms with Crippen molar-refractivity contribution in [3.05, 3.63) is 69.0 Å². The molecule has 0 aliphatic heterocycles. The summed E-state index contributed by atoms with van der Waals surface area (Å²) in [6.07, 6.45) is 4.77. The number of hydrogen-bond donors (Lipinski definition) is 3. The van der Waals surface area contributed by atoms with E-state index in [0.717, 1.165) is 11.3 Å². The van der Waals surface area contributed by atoms with Gasteiger partial charge in [0.2, 0.25) is 0 Å². The molecule has 0 unspecified atom stereocenters. The van der Waals surface area contributed by atoms with Crippen LogP contribution in [0.2, 0.25) is 0 Å². The van der Waals surface area contributed by atoms with Crippen molar-refractivity contribution in [2.24, 2.45) is 0 Å². The molecule has 22 heavy (non-hydrogen) atoms. The van der Waals surface area contributed by atoms with E-state index in [1.165, 1.54) is 10.8 Å². The molecule has 114 valence electrons. The molecule has 1 aliphatic carbocycles. The molecule has 2 atom stereocenters. The van der Waals surface area contributed by atoms with Gasteiger partial charge in [0, 0.05) is 18.3 Å². The molecule has 0 saturated heterocycles. The number of allylic oxidation sites excluding steroid dienone is 1. The normalized spacial score (nSPS) is 20.3. The van der Waals surface area contributed by atoms with E-state index in [1.807, 2.05) is 31.2 Å². The van der Waals surface area contributed by atoms with E-state index in [2.05, 4.69) is 10.3 Å². The minimum atomic E-state index is -0.558. The van der Waals surface area contributed by atoms with Gasteiger partial charge in [-0.3, -0.25) is 14.3 Å². The third-order valence-corrected chi connectivity index (χ3v) is 3.69. The molecule has 3 N–H and O–H groups in total. The highest BCUT2D eigenvalue weighted by atomic mass is 16.3. The lowest BCUT2D eigenvalue weighted by atomic mass is 10.2. The lowest BCUT2D eigenvalue weighted by molar-refractivity contribution is 0.209. The van der Waals surface area contributed by atoms with Crippen molar-refractivity contribution < 1.29 is 5.11 Å². The number of nitrogens with one attached hydrogen (secondary N) is 2. The molecule has 6 nitrogen and oxygen atoms in total. The van der Waals surface area contributed by atoms with E-state index < -0.39 is 17.4 Å². The molecular formula is C16H17N3O3. The second-order valence-electron chi connectivity index (χ2n) is 5.46. The van der Waals surface area contributed by atoms with E-state index in [4.69, 9.17) is 0 Å². The van der Waals surface area contributed by atoms with Gasteiger partial charge < -0.3 is 10.4 Å². The number of aromatic amines is 1. The van der Waals surface area contributed by atoms with Gasteiger partial charge in [0.1, 0.15) is 5.69 Å². The number of anilines is 2. The summed E-state index contributed by atoms with van der Waals surface area (Å²) in [6.45, 7) is 1.98. The minimum Gasteiger partial charge on any atom is -0.389 e. The average Bonchev–Trinajstić information content (AvgIpc) is 2.90. The molecular weight excluding hydrogens is 282 g/mol. The molecule has 2 aromatic rings. The first-order valence-corrected chi connectivity index (χ1v) is 7.08. The molecule has 0 fully saturated rings. The number of aryl methyl sites for hydroxylation is 1. The highest BCUT2D eigenvalue weighted by Gasteiger charge is 2.20. The van der Waals surface area contributed by atoms with Crippen LogP contribution in [0.25, 0.3) is 0 Å². The summed E-state index contributed by atoms with van der Waals surface area (Å²) >= 11 is 0. The van der Waals surface area contributed by atoms with E-state index in [1.54, 1.807) is 12.2 Å². The van der Waals surface area contributed by atoms with Crippen molar-refractivity contribution in [3.8, 4) is 0 Å².